The minimum Gasteiger partial charge on any atom is -0.280 e. The van der Waals surface area contributed by atoms with Gasteiger partial charge in [0.15, 0.2) is 82.5 Å². The topological polar surface area (TPSA) is 77.0 Å². The molecule has 0 aliphatic rings. The fraction of sp³-hybridized carbons (Fsp3) is 0.0541. The van der Waals surface area contributed by atoms with Crippen LogP contribution in [0, 0.1) is 126 Å². The molecule has 1 aromatic heterocycles. The lowest BCUT2D eigenvalue weighted by Gasteiger charge is -2.44. The molecular weight excluding hydrogens is 925 g/mol. The summed E-state index contributed by atoms with van der Waals surface area (Å²) >= 11 is 0. The lowest BCUT2D eigenvalue weighted by atomic mass is 9.12. The second kappa shape index (κ2) is 18.0. The third-order valence-electron chi connectivity index (χ3n) is 9.30. The quantitative estimate of drug-likeness (QED) is 0.0236. The Morgan fingerprint density at radius 2 is 0.766 bits per heavy atom. The highest BCUT2D eigenvalue weighted by molar-refractivity contribution is 7.20. The fourth-order valence-corrected chi connectivity index (χ4v) is 6.61. The molecule has 6 nitrogen and oxygen atoms in total. The van der Waals surface area contributed by atoms with Gasteiger partial charge >= 0.3 is 0 Å². The van der Waals surface area contributed by atoms with Crippen LogP contribution in [0.25, 0.3) is 0 Å². The number of nitrogens with zero attached hydrogens (tertiary/aromatic N) is 3. The van der Waals surface area contributed by atoms with Crippen molar-refractivity contribution >= 4 is 33.8 Å². The van der Waals surface area contributed by atoms with E-state index >= 15 is 35.1 Å². The molecule has 0 saturated carbocycles. The van der Waals surface area contributed by atoms with Gasteiger partial charge in [-0.3, -0.25) is 19.9 Å². The SMILES string of the molecule is Fc1c(F)c(F)c([B-](c2c(F)c(F)c(F)c(F)c2F)(c2c(F)c(F)c(F)c(F)c2F)c2c(F)c(F)c(F)c(F)c2F)c(F)c1F.O=C(C[N+](=O)[O-])c1cncc[n+]1Cc1ccccc1. The molecule has 0 saturated heterocycles. The summed E-state index contributed by atoms with van der Waals surface area (Å²) in [6.07, 6.45) is -2.67. The Balaban J connectivity index is 0.000000337. The average molecular weight is 937 g/mol. The predicted molar refractivity (Wildman–Crippen MR) is 175 cm³/mol. The summed E-state index contributed by atoms with van der Waals surface area (Å²) in [5.41, 5.74) is -13.1. The molecule has 0 bridgehead atoms. The van der Waals surface area contributed by atoms with Crippen LogP contribution in [0.15, 0.2) is 48.9 Å². The largest absolute Gasteiger partial charge is 0.298 e. The number of ketones is 1. The van der Waals surface area contributed by atoms with Gasteiger partial charge in [-0.25, -0.2) is 87.8 Å². The van der Waals surface area contributed by atoms with Crippen molar-refractivity contribution in [1.29, 1.82) is 0 Å². The van der Waals surface area contributed by atoms with Gasteiger partial charge in [0.25, 0.3) is 18.0 Å². The van der Waals surface area contributed by atoms with Gasteiger partial charge in [0, 0.05) is 10.5 Å². The first-order valence-electron chi connectivity index (χ1n) is 16.6. The third kappa shape index (κ3) is 7.71. The predicted octanol–water partition coefficient (Wildman–Crippen LogP) is 6.72. The molecule has 64 heavy (non-hydrogen) atoms. The lowest BCUT2D eigenvalue weighted by Crippen LogP contribution is -2.81. The fourth-order valence-electron chi connectivity index (χ4n) is 6.61. The highest BCUT2D eigenvalue weighted by Crippen LogP contribution is 2.30. The van der Waals surface area contributed by atoms with Crippen LogP contribution in [0.1, 0.15) is 16.1 Å². The van der Waals surface area contributed by atoms with E-state index in [1.165, 1.54) is 6.20 Å². The molecule has 0 amide bonds. The van der Waals surface area contributed by atoms with Gasteiger partial charge in [0.05, 0.1) is 6.20 Å². The van der Waals surface area contributed by atoms with Gasteiger partial charge in [-0.2, -0.15) is 4.57 Å². The van der Waals surface area contributed by atoms with E-state index in [9.17, 15) is 67.6 Å². The molecule has 0 aliphatic heterocycles. The number of hydrogen-bond donors (Lipinski definition) is 0. The molecule has 6 rings (SSSR count). The van der Waals surface area contributed by atoms with Crippen molar-refractivity contribution in [2.45, 2.75) is 6.54 Å². The first kappa shape index (κ1) is 48.0. The number of carbonyl (C=O) groups excluding carboxylic acids is 1. The highest BCUT2D eigenvalue weighted by Gasteiger charge is 2.52. The summed E-state index contributed by atoms with van der Waals surface area (Å²) in [4.78, 5) is 25.4. The number of carbonyl (C=O) groups is 1. The number of halogens is 20. The molecule has 27 heteroatoms. The van der Waals surface area contributed by atoms with Crippen LogP contribution in [-0.4, -0.2) is 28.4 Å². The smallest absolute Gasteiger partial charge is 0.280 e. The van der Waals surface area contributed by atoms with Crippen LogP contribution in [-0.2, 0) is 6.54 Å². The first-order chi connectivity index (χ1) is 29.9. The zero-order valence-corrected chi connectivity index (χ0v) is 30.2. The Kier molecular flexibility index (Phi) is 13.5. The lowest BCUT2D eigenvalue weighted by molar-refractivity contribution is -0.691. The van der Waals surface area contributed by atoms with Crippen molar-refractivity contribution in [2.24, 2.45) is 0 Å². The zero-order valence-electron chi connectivity index (χ0n) is 30.2. The Hall–Kier alpha value is -7.09. The maximum absolute atomic E-state index is 15.4. The van der Waals surface area contributed by atoms with E-state index in [0.29, 0.717) is 6.54 Å². The average Bonchev–Trinajstić information content (AvgIpc) is 3.26. The Morgan fingerprint density at radius 3 is 1.05 bits per heavy atom. The van der Waals surface area contributed by atoms with E-state index in [-0.39, 0.29) is 5.69 Å². The maximum Gasteiger partial charge on any atom is 0.298 e. The molecule has 0 unspecified atom stereocenters. The molecule has 0 N–H and O–H groups in total. The van der Waals surface area contributed by atoms with Crippen LogP contribution in [0.5, 0.6) is 0 Å². The molecule has 5 aromatic carbocycles. The Bertz CT molecular complexity index is 2520. The van der Waals surface area contributed by atoms with Crippen molar-refractivity contribution in [1.82, 2.24) is 4.98 Å². The second-order valence-electron chi connectivity index (χ2n) is 12.8. The number of benzene rings is 5. The van der Waals surface area contributed by atoms with E-state index in [1.54, 1.807) is 17.0 Å². The van der Waals surface area contributed by atoms with E-state index < -0.39 is 162 Å². The summed E-state index contributed by atoms with van der Waals surface area (Å²) in [7, 11) is 0. The molecular formula is C37H12BF20N3O3. The normalized spacial score (nSPS) is 11.4. The summed E-state index contributed by atoms with van der Waals surface area (Å²) in [6.45, 7) is -0.247. The number of rotatable bonds is 9. The van der Waals surface area contributed by atoms with Gasteiger partial charge in [0.1, 0.15) is 58.9 Å². The molecule has 0 atom stereocenters. The number of aromatic nitrogens is 2. The van der Waals surface area contributed by atoms with Crippen molar-refractivity contribution in [3.8, 4) is 0 Å². The molecule has 6 aromatic rings. The van der Waals surface area contributed by atoms with Crippen LogP contribution >= 0.6 is 0 Å². The second-order valence-corrected chi connectivity index (χ2v) is 12.8. The molecule has 0 radical (unpaired) electrons. The van der Waals surface area contributed by atoms with Crippen LogP contribution in [0.3, 0.4) is 0 Å². The number of nitro groups is 1. The molecule has 336 valence electrons. The van der Waals surface area contributed by atoms with Gasteiger partial charge in [0.2, 0.25) is 0 Å². The Morgan fingerprint density at radius 1 is 0.484 bits per heavy atom. The summed E-state index contributed by atoms with van der Waals surface area (Å²) in [5, 5.41) is 10.4. The molecule has 0 fully saturated rings. The molecule has 0 aliphatic carbocycles. The van der Waals surface area contributed by atoms with E-state index in [2.05, 4.69) is 4.98 Å². The van der Waals surface area contributed by atoms with E-state index in [0.717, 1.165) is 5.56 Å². The summed E-state index contributed by atoms with van der Waals surface area (Å²) < 4.78 is 296. The van der Waals surface area contributed by atoms with Crippen LogP contribution in [0.4, 0.5) is 87.8 Å². The zero-order chi connectivity index (χ0) is 48.0. The van der Waals surface area contributed by atoms with Crippen LogP contribution < -0.4 is 26.4 Å². The molecule has 1 heterocycles. The summed E-state index contributed by atoms with van der Waals surface area (Å²) in [5.74, 6) is -72.0. The van der Waals surface area contributed by atoms with Crippen molar-refractivity contribution in [3.05, 3.63) is 187 Å². The maximum atomic E-state index is 15.4. The minimum absolute atomic E-state index is 0.239. The van der Waals surface area contributed by atoms with Gasteiger partial charge < -0.3 is 0 Å². The van der Waals surface area contributed by atoms with Crippen molar-refractivity contribution in [2.75, 3.05) is 6.54 Å². The van der Waals surface area contributed by atoms with Crippen LogP contribution in [0.2, 0.25) is 0 Å². The number of Topliss-reactive ketones (excluding diaryl/α,β-unsaturated/α-hetero) is 1. The van der Waals surface area contributed by atoms with Gasteiger partial charge in [-0.15, -0.1) is 21.9 Å². The standard InChI is InChI=1S/C24BF20.C13H12N3O3/c26-5-1(6(27)14(35)21(42)13(5)34)25(2-7(28)15(36)22(43)16(37)8(2)29,3-9(30)17(38)23(44)18(39)10(3)31)4-11(32)19(40)24(45)20(41)12(4)33;17-13(10-16(18)19)12-8-14-6-7-15(12)9-11-4-2-1-3-5-11/h;1-8H,9-10H2/q-1;+1. The van der Waals surface area contributed by atoms with Gasteiger partial charge in [-0.05, 0) is 0 Å². The molecule has 0 spiro atoms. The monoisotopic (exact) mass is 937 g/mol. The van der Waals surface area contributed by atoms with E-state index in [1.807, 2.05) is 30.3 Å². The van der Waals surface area contributed by atoms with Crippen molar-refractivity contribution in [3.63, 3.8) is 0 Å². The van der Waals surface area contributed by atoms with E-state index in [4.69, 9.17) is 0 Å². The van der Waals surface area contributed by atoms with Crippen molar-refractivity contribution < 1.29 is 102 Å². The Labute approximate surface area is 340 Å². The van der Waals surface area contributed by atoms with Gasteiger partial charge in [-0.1, -0.05) is 30.3 Å². The number of hydrogen-bond acceptors (Lipinski definition) is 4. The highest BCUT2D eigenvalue weighted by atomic mass is 19.2. The summed E-state index contributed by atoms with van der Waals surface area (Å²) in [6, 6.07) is 9.55. The third-order valence-corrected chi connectivity index (χ3v) is 9.30. The first-order valence-corrected chi connectivity index (χ1v) is 16.6. The minimum atomic E-state index is -7.22.